The number of anilines is 1. The Balaban J connectivity index is 1.45. The Morgan fingerprint density at radius 1 is 1.18 bits per heavy atom. The van der Waals surface area contributed by atoms with Gasteiger partial charge < -0.3 is 0 Å². The topological polar surface area (TPSA) is 58.0 Å². The summed E-state index contributed by atoms with van der Waals surface area (Å²) in [6.07, 6.45) is 5.33. The van der Waals surface area contributed by atoms with Gasteiger partial charge in [0.2, 0.25) is 5.95 Å². The first-order valence-electron chi connectivity index (χ1n) is 9.88. The van der Waals surface area contributed by atoms with Crippen LogP contribution in [0.3, 0.4) is 0 Å². The van der Waals surface area contributed by atoms with E-state index in [2.05, 4.69) is 67.8 Å². The first-order chi connectivity index (χ1) is 13.8. The van der Waals surface area contributed by atoms with Crippen LogP contribution in [0.5, 0.6) is 0 Å². The van der Waals surface area contributed by atoms with E-state index in [4.69, 9.17) is 0 Å². The zero-order valence-corrected chi connectivity index (χ0v) is 17.3. The Hall–Kier alpha value is -1.87. The lowest BCUT2D eigenvalue weighted by Crippen LogP contribution is -2.40. The van der Waals surface area contributed by atoms with Gasteiger partial charge in [-0.3, -0.25) is 10.3 Å². The molecule has 1 saturated heterocycles. The van der Waals surface area contributed by atoms with Crippen LogP contribution >= 0.6 is 23.1 Å². The summed E-state index contributed by atoms with van der Waals surface area (Å²) in [4.78, 5) is 1.55. The lowest BCUT2D eigenvalue weighted by atomic mass is 9.94. The van der Waals surface area contributed by atoms with Crippen molar-refractivity contribution >= 4 is 29.0 Å². The average Bonchev–Trinajstić information content (AvgIpc) is 3.40. The maximum absolute atomic E-state index is 4.58. The van der Waals surface area contributed by atoms with E-state index in [9.17, 15) is 0 Å². The largest absolute Gasteiger partial charge is 0.276 e. The van der Waals surface area contributed by atoms with Gasteiger partial charge in [-0.1, -0.05) is 42.1 Å². The number of fused-ring (bicyclic) bond motifs is 8. The van der Waals surface area contributed by atoms with Crippen LogP contribution in [0, 0.1) is 0 Å². The number of hydrogen-bond donors (Lipinski definition) is 2. The molecule has 28 heavy (non-hydrogen) atoms. The summed E-state index contributed by atoms with van der Waals surface area (Å²) in [6, 6.07) is 10.6. The summed E-state index contributed by atoms with van der Waals surface area (Å²) in [5.41, 5.74) is 7.83. The number of benzene rings is 1. The molecule has 2 N–H and O–H groups in total. The van der Waals surface area contributed by atoms with E-state index >= 15 is 0 Å². The van der Waals surface area contributed by atoms with Crippen LogP contribution in [0.2, 0.25) is 0 Å². The summed E-state index contributed by atoms with van der Waals surface area (Å²) in [6.45, 7) is 2.16. The third-order valence-electron chi connectivity index (χ3n) is 5.71. The zero-order chi connectivity index (χ0) is 18.7. The second-order valence-corrected chi connectivity index (χ2v) is 9.64. The van der Waals surface area contributed by atoms with Crippen LogP contribution in [0.4, 0.5) is 5.95 Å². The van der Waals surface area contributed by atoms with E-state index < -0.39 is 0 Å². The number of nitrogens with one attached hydrogen (secondary N) is 2. The quantitative estimate of drug-likeness (QED) is 0.641. The summed E-state index contributed by atoms with van der Waals surface area (Å²) >= 11 is 3.71. The molecule has 0 saturated carbocycles. The van der Waals surface area contributed by atoms with Crippen molar-refractivity contribution in [3.63, 3.8) is 0 Å². The van der Waals surface area contributed by atoms with Crippen LogP contribution < -0.4 is 15.8 Å². The van der Waals surface area contributed by atoms with Crippen molar-refractivity contribution in [2.75, 3.05) is 5.01 Å². The predicted octanol–water partition coefficient (Wildman–Crippen LogP) is 3.77. The minimum Gasteiger partial charge on any atom is -0.276 e. The first-order valence-corrected chi connectivity index (χ1v) is 11.7. The molecule has 8 heteroatoms. The molecule has 0 bridgehead atoms. The highest BCUT2D eigenvalue weighted by atomic mass is 32.2. The van der Waals surface area contributed by atoms with Crippen molar-refractivity contribution in [1.82, 2.24) is 25.5 Å². The van der Waals surface area contributed by atoms with Crippen LogP contribution in [0.25, 0.3) is 5.00 Å². The molecular weight excluding hydrogens is 388 g/mol. The number of aryl methyl sites for hydroxylation is 1. The minimum atomic E-state index is 0.145. The standard InChI is InChI=1S/C20H22N6S2/c1-12-21-17-16-14-9-5-6-10-15(14)28-18(16)25-19(26(17)24-12)22-23-20(25)27-11-13-7-3-2-4-8-13/h2-4,7-8,12,17,21,24H,5-6,9-11H2,1H3. The van der Waals surface area contributed by atoms with Gasteiger partial charge >= 0.3 is 0 Å². The SMILES string of the molecule is CC1NC2c3c(sc4c3CCCC4)-n3c(SCc4ccccc4)nnc3N2N1. The smallest absolute Gasteiger partial charge is 0.249 e. The average molecular weight is 411 g/mol. The highest BCUT2D eigenvalue weighted by molar-refractivity contribution is 7.98. The normalized spacial score (nSPS) is 22.5. The Kier molecular flexibility index (Phi) is 4.01. The monoisotopic (exact) mass is 410 g/mol. The van der Waals surface area contributed by atoms with E-state index in [1.54, 1.807) is 22.2 Å². The first kappa shape index (κ1) is 17.0. The van der Waals surface area contributed by atoms with E-state index in [-0.39, 0.29) is 12.3 Å². The van der Waals surface area contributed by atoms with Crippen LogP contribution in [-0.4, -0.2) is 20.9 Å². The van der Waals surface area contributed by atoms with Crippen molar-refractivity contribution in [2.24, 2.45) is 0 Å². The molecule has 6 rings (SSSR count). The van der Waals surface area contributed by atoms with E-state index in [0.29, 0.717) is 0 Å². The molecule has 2 unspecified atom stereocenters. The molecule has 144 valence electrons. The van der Waals surface area contributed by atoms with Crippen molar-refractivity contribution in [3.05, 3.63) is 51.9 Å². The van der Waals surface area contributed by atoms with Gasteiger partial charge in [-0.25, -0.2) is 9.99 Å². The molecule has 2 atom stereocenters. The zero-order valence-electron chi connectivity index (χ0n) is 15.7. The van der Waals surface area contributed by atoms with Crippen molar-refractivity contribution < 1.29 is 0 Å². The molecule has 2 aromatic heterocycles. The molecule has 3 aromatic rings. The molecule has 1 aromatic carbocycles. The van der Waals surface area contributed by atoms with Crippen molar-refractivity contribution in [1.29, 1.82) is 0 Å². The van der Waals surface area contributed by atoms with E-state index in [1.165, 1.54) is 41.8 Å². The molecule has 0 spiro atoms. The Labute approximate surface area is 172 Å². The van der Waals surface area contributed by atoms with Gasteiger partial charge in [-0.05, 0) is 43.7 Å². The summed E-state index contributed by atoms with van der Waals surface area (Å²) < 4.78 is 2.27. The summed E-state index contributed by atoms with van der Waals surface area (Å²) in [7, 11) is 0. The van der Waals surface area contributed by atoms with Gasteiger partial charge in [0.05, 0.1) is 6.17 Å². The number of nitrogens with zero attached hydrogens (tertiary/aromatic N) is 4. The Morgan fingerprint density at radius 2 is 2.04 bits per heavy atom. The fourth-order valence-electron chi connectivity index (χ4n) is 4.45. The molecule has 0 amide bonds. The maximum Gasteiger partial charge on any atom is 0.249 e. The highest BCUT2D eigenvalue weighted by Gasteiger charge is 2.43. The molecule has 4 heterocycles. The summed E-state index contributed by atoms with van der Waals surface area (Å²) in [5.74, 6) is 1.79. The lowest BCUT2D eigenvalue weighted by molar-refractivity contribution is 0.558. The van der Waals surface area contributed by atoms with E-state index in [0.717, 1.165) is 16.9 Å². The maximum atomic E-state index is 4.58. The molecule has 0 radical (unpaired) electrons. The molecule has 1 aliphatic carbocycles. The second-order valence-electron chi connectivity index (χ2n) is 7.61. The number of rotatable bonds is 3. The van der Waals surface area contributed by atoms with Crippen LogP contribution in [0.1, 0.15) is 47.5 Å². The Bertz CT molecular complexity index is 1030. The second kappa shape index (κ2) is 6.59. The van der Waals surface area contributed by atoms with Crippen molar-refractivity contribution in [2.45, 2.75) is 55.8 Å². The third kappa shape index (κ3) is 2.55. The Morgan fingerprint density at radius 3 is 2.93 bits per heavy atom. The minimum absolute atomic E-state index is 0.145. The number of hydrazine groups is 1. The van der Waals surface area contributed by atoms with Gasteiger partial charge in [0.1, 0.15) is 11.2 Å². The third-order valence-corrected chi connectivity index (χ3v) is 8.00. The molecule has 3 aliphatic rings. The van der Waals surface area contributed by atoms with Crippen molar-refractivity contribution in [3.8, 4) is 5.00 Å². The lowest BCUT2D eigenvalue weighted by Gasteiger charge is -2.31. The molecular formula is C20H22N6S2. The summed E-state index contributed by atoms with van der Waals surface area (Å²) in [5, 5.41) is 17.3. The van der Waals surface area contributed by atoms with Gasteiger partial charge in [-0.15, -0.1) is 21.5 Å². The molecule has 6 nitrogen and oxygen atoms in total. The molecule has 2 aliphatic heterocycles. The van der Waals surface area contributed by atoms with Gasteiger partial charge in [0.25, 0.3) is 0 Å². The number of thiophene rings is 1. The van der Waals surface area contributed by atoms with Crippen LogP contribution in [0.15, 0.2) is 35.5 Å². The highest BCUT2D eigenvalue weighted by Crippen LogP contribution is 2.48. The fraction of sp³-hybridized carbons (Fsp3) is 0.400. The van der Waals surface area contributed by atoms with Crippen LogP contribution in [-0.2, 0) is 18.6 Å². The van der Waals surface area contributed by atoms with E-state index in [1.807, 2.05) is 11.3 Å². The molecule has 1 fully saturated rings. The van der Waals surface area contributed by atoms with Gasteiger partial charge in [0, 0.05) is 16.2 Å². The fourth-order valence-corrected chi connectivity index (χ4v) is 6.82. The van der Waals surface area contributed by atoms with Gasteiger partial charge in [0.15, 0.2) is 5.16 Å². The number of thioether (sulfide) groups is 1. The predicted molar refractivity (Wildman–Crippen MR) is 113 cm³/mol. The van der Waals surface area contributed by atoms with Gasteiger partial charge in [-0.2, -0.15) is 0 Å². The number of aromatic nitrogens is 3. The number of hydrogen-bond acceptors (Lipinski definition) is 7.